The fourth-order valence-corrected chi connectivity index (χ4v) is 2.64. The average molecular weight is 346 g/mol. The van der Waals surface area contributed by atoms with Crippen LogP contribution in [0.15, 0.2) is 78.9 Å². The summed E-state index contributed by atoms with van der Waals surface area (Å²) < 4.78 is 5.51. The highest BCUT2D eigenvalue weighted by molar-refractivity contribution is 6.02. The van der Waals surface area contributed by atoms with Crippen molar-refractivity contribution < 1.29 is 19.4 Å². The van der Waals surface area contributed by atoms with Gasteiger partial charge in [0.2, 0.25) is 5.78 Å². The smallest absolute Gasteiger partial charge is 0.342 e. The molecule has 26 heavy (non-hydrogen) atoms. The van der Waals surface area contributed by atoms with Crippen LogP contribution < -0.4 is 0 Å². The molecular formula is C22H18O4. The predicted octanol–water partition coefficient (Wildman–Crippen LogP) is 4.48. The second kappa shape index (κ2) is 7.66. The van der Waals surface area contributed by atoms with Crippen molar-refractivity contribution in [3.63, 3.8) is 0 Å². The minimum atomic E-state index is -1.09. The lowest BCUT2D eigenvalue weighted by atomic mass is 9.99. The van der Waals surface area contributed by atoms with Crippen molar-refractivity contribution in [3.05, 3.63) is 101 Å². The minimum absolute atomic E-state index is 0.0254. The molecule has 3 aromatic carbocycles. The molecule has 0 aliphatic carbocycles. The maximum atomic E-state index is 12.9. The first-order valence-corrected chi connectivity index (χ1v) is 8.21. The predicted molar refractivity (Wildman–Crippen MR) is 98.2 cm³/mol. The number of ether oxygens (including phenoxy) is 1. The molecule has 0 heterocycles. The number of benzene rings is 3. The molecule has 0 aromatic heterocycles. The molecule has 0 fully saturated rings. The lowest BCUT2D eigenvalue weighted by Gasteiger charge is -2.18. The molecule has 1 N–H and O–H groups in total. The maximum absolute atomic E-state index is 12.9. The summed E-state index contributed by atoms with van der Waals surface area (Å²) in [6.07, 6.45) is -1.09. The van der Waals surface area contributed by atoms with E-state index in [0.29, 0.717) is 11.1 Å². The largest absolute Gasteiger partial charge is 0.507 e. The molecular weight excluding hydrogens is 328 g/mol. The molecule has 0 aliphatic rings. The van der Waals surface area contributed by atoms with Crippen LogP contribution in [0.5, 0.6) is 5.75 Å². The van der Waals surface area contributed by atoms with E-state index < -0.39 is 12.1 Å². The maximum Gasteiger partial charge on any atom is 0.342 e. The Hall–Kier alpha value is -3.40. The Morgan fingerprint density at radius 2 is 1.50 bits per heavy atom. The van der Waals surface area contributed by atoms with Crippen molar-refractivity contribution >= 4 is 11.8 Å². The second-order valence-corrected chi connectivity index (χ2v) is 5.95. The Labute approximate surface area is 151 Å². The third-order valence-electron chi connectivity index (χ3n) is 4.00. The van der Waals surface area contributed by atoms with E-state index in [1.165, 1.54) is 12.1 Å². The molecule has 3 aromatic rings. The Balaban J connectivity index is 1.94. The summed E-state index contributed by atoms with van der Waals surface area (Å²) in [5, 5.41) is 10.0. The van der Waals surface area contributed by atoms with Gasteiger partial charge in [-0.15, -0.1) is 0 Å². The van der Waals surface area contributed by atoms with Crippen molar-refractivity contribution in [3.8, 4) is 5.75 Å². The van der Waals surface area contributed by atoms with E-state index in [1.807, 2.05) is 12.1 Å². The van der Waals surface area contributed by atoms with Gasteiger partial charge < -0.3 is 9.84 Å². The molecule has 0 spiro atoms. The van der Waals surface area contributed by atoms with Gasteiger partial charge in [0.1, 0.15) is 11.3 Å². The third-order valence-corrected chi connectivity index (χ3v) is 4.00. The molecule has 4 nitrogen and oxygen atoms in total. The summed E-state index contributed by atoms with van der Waals surface area (Å²) in [5.41, 5.74) is 1.86. The zero-order valence-electron chi connectivity index (χ0n) is 14.3. The van der Waals surface area contributed by atoms with Crippen LogP contribution in [-0.2, 0) is 4.74 Å². The standard InChI is InChI=1S/C22H18O4/c1-15-12-13-18(19(23)14-15)22(25)26-21(17-10-6-3-7-11-17)20(24)16-8-4-2-5-9-16/h2-14,21,23H,1H3. The summed E-state index contributed by atoms with van der Waals surface area (Å²) >= 11 is 0. The highest BCUT2D eigenvalue weighted by Crippen LogP contribution is 2.26. The molecule has 1 unspecified atom stereocenters. The number of ketones is 1. The van der Waals surface area contributed by atoms with Gasteiger partial charge in [0.05, 0.1) is 0 Å². The third kappa shape index (κ3) is 3.81. The van der Waals surface area contributed by atoms with Crippen molar-refractivity contribution in [1.29, 1.82) is 0 Å². The van der Waals surface area contributed by atoms with Gasteiger partial charge >= 0.3 is 5.97 Å². The number of esters is 1. The topological polar surface area (TPSA) is 63.6 Å². The monoisotopic (exact) mass is 346 g/mol. The molecule has 0 saturated heterocycles. The Morgan fingerprint density at radius 3 is 2.12 bits per heavy atom. The van der Waals surface area contributed by atoms with E-state index in [1.54, 1.807) is 61.5 Å². The van der Waals surface area contributed by atoms with Gasteiger partial charge in [0.25, 0.3) is 0 Å². The molecule has 1 atom stereocenters. The van der Waals surface area contributed by atoms with Gasteiger partial charge in [-0.05, 0) is 24.6 Å². The van der Waals surface area contributed by atoms with Gasteiger partial charge in [-0.2, -0.15) is 0 Å². The van der Waals surface area contributed by atoms with E-state index in [2.05, 4.69) is 0 Å². The number of Topliss-reactive ketones (excluding diaryl/α,β-unsaturated/α-hetero) is 1. The van der Waals surface area contributed by atoms with Gasteiger partial charge in [0, 0.05) is 11.1 Å². The normalized spacial score (nSPS) is 11.6. The summed E-state index contributed by atoms with van der Waals surface area (Å²) in [4.78, 5) is 25.5. The zero-order valence-corrected chi connectivity index (χ0v) is 14.3. The zero-order chi connectivity index (χ0) is 18.5. The number of phenolic OH excluding ortho intramolecular Hbond substituents is 1. The van der Waals surface area contributed by atoms with Crippen LogP contribution in [0.1, 0.15) is 37.9 Å². The molecule has 4 heteroatoms. The van der Waals surface area contributed by atoms with E-state index in [-0.39, 0.29) is 17.1 Å². The fourth-order valence-electron chi connectivity index (χ4n) is 2.64. The highest BCUT2D eigenvalue weighted by atomic mass is 16.5. The minimum Gasteiger partial charge on any atom is -0.507 e. The van der Waals surface area contributed by atoms with E-state index in [4.69, 9.17) is 4.74 Å². The highest BCUT2D eigenvalue weighted by Gasteiger charge is 2.27. The number of hydrogen-bond donors (Lipinski definition) is 1. The number of aryl methyl sites for hydroxylation is 1. The number of phenols is 1. The van der Waals surface area contributed by atoms with Crippen molar-refractivity contribution in [2.75, 3.05) is 0 Å². The Kier molecular flexibility index (Phi) is 5.13. The lowest BCUT2D eigenvalue weighted by Crippen LogP contribution is -2.20. The average Bonchev–Trinajstić information content (AvgIpc) is 2.67. The van der Waals surface area contributed by atoms with Gasteiger partial charge in [-0.1, -0.05) is 66.7 Å². The first-order chi connectivity index (χ1) is 12.6. The van der Waals surface area contributed by atoms with Crippen molar-refractivity contribution in [2.24, 2.45) is 0 Å². The molecule has 130 valence electrons. The van der Waals surface area contributed by atoms with E-state index in [0.717, 1.165) is 5.56 Å². The molecule has 0 aliphatic heterocycles. The molecule has 0 radical (unpaired) electrons. The number of carbonyl (C=O) groups is 2. The fraction of sp³-hybridized carbons (Fsp3) is 0.0909. The van der Waals surface area contributed by atoms with Crippen molar-refractivity contribution in [2.45, 2.75) is 13.0 Å². The van der Waals surface area contributed by atoms with Crippen LogP contribution in [0.2, 0.25) is 0 Å². The van der Waals surface area contributed by atoms with Crippen LogP contribution in [0, 0.1) is 6.92 Å². The summed E-state index contributed by atoms with van der Waals surface area (Å²) in [5.74, 6) is -1.24. The van der Waals surface area contributed by atoms with Gasteiger partial charge in [0.15, 0.2) is 6.10 Å². The summed E-state index contributed by atoms with van der Waals surface area (Å²) in [7, 11) is 0. The van der Waals surface area contributed by atoms with Gasteiger partial charge in [-0.3, -0.25) is 4.79 Å². The lowest BCUT2D eigenvalue weighted by molar-refractivity contribution is 0.0277. The van der Waals surface area contributed by atoms with Crippen LogP contribution in [0.4, 0.5) is 0 Å². The van der Waals surface area contributed by atoms with E-state index >= 15 is 0 Å². The van der Waals surface area contributed by atoms with Crippen LogP contribution >= 0.6 is 0 Å². The Morgan fingerprint density at radius 1 is 0.885 bits per heavy atom. The van der Waals surface area contributed by atoms with Crippen molar-refractivity contribution in [1.82, 2.24) is 0 Å². The van der Waals surface area contributed by atoms with E-state index in [9.17, 15) is 14.7 Å². The second-order valence-electron chi connectivity index (χ2n) is 5.95. The first kappa shape index (κ1) is 17.4. The van der Waals surface area contributed by atoms with Crippen LogP contribution in [0.3, 0.4) is 0 Å². The summed E-state index contributed by atoms with van der Waals surface area (Å²) in [6.45, 7) is 1.81. The quantitative estimate of drug-likeness (QED) is 0.546. The molecule has 3 rings (SSSR count). The number of rotatable bonds is 5. The first-order valence-electron chi connectivity index (χ1n) is 8.21. The Bertz CT molecular complexity index is 917. The SMILES string of the molecule is Cc1ccc(C(=O)OC(C(=O)c2ccccc2)c2ccccc2)c(O)c1. The van der Waals surface area contributed by atoms with Crippen LogP contribution in [0.25, 0.3) is 0 Å². The molecule has 0 saturated carbocycles. The molecule has 0 bridgehead atoms. The number of carbonyl (C=O) groups excluding carboxylic acids is 2. The number of aromatic hydroxyl groups is 1. The molecule has 0 amide bonds. The summed E-state index contributed by atoms with van der Waals surface area (Å²) in [6, 6.07) is 22.2. The van der Waals surface area contributed by atoms with Gasteiger partial charge in [-0.25, -0.2) is 4.79 Å². The van der Waals surface area contributed by atoms with Crippen LogP contribution in [-0.4, -0.2) is 16.9 Å². The number of hydrogen-bond acceptors (Lipinski definition) is 4.